The highest BCUT2D eigenvalue weighted by Crippen LogP contribution is 2.21. The van der Waals surface area contributed by atoms with Gasteiger partial charge in [0.15, 0.2) is 0 Å². The Labute approximate surface area is 160 Å². The van der Waals surface area contributed by atoms with Gasteiger partial charge in [-0.2, -0.15) is 0 Å². The quantitative estimate of drug-likeness (QED) is 0.835. The van der Waals surface area contributed by atoms with E-state index in [2.05, 4.69) is 22.5 Å². The zero-order chi connectivity index (χ0) is 16.1. The van der Waals surface area contributed by atoms with Gasteiger partial charge in [0.2, 0.25) is 11.8 Å². The first-order valence-corrected chi connectivity index (χ1v) is 7.94. The van der Waals surface area contributed by atoms with Crippen LogP contribution in [-0.4, -0.2) is 23.5 Å². The van der Waals surface area contributed by atoms with Crippen molar-refractivity contribution in [3.63, 3.8) is 0 Å². The number of rotatable bonds is 4. The summed E-state index contributed by atoms with van der Waals surface area (Å²) in [5.41, 5.74) is 0.696. The molecule has 1 aromatic heterocycles. The Morgan fingerprint density at radius 1 is 1.20 bits per heavy atom. The van der Waals surface area contributed by atoms with Gasteiger partial charge in [0.25, 0.3) is 0 Å². The van der Waals surface area contributed by atoms with E-state index in [1.54, 1.807) is 12.3 Å². The molecule has 2 atom stereocenters. The van der Waals surface area contributed by atoms with Gasteiger partial charge in [0.05, 0.1) is 11.9 Å². The number of piperidine rings is 1. The van der Waals surface area contributed by atoms with Crippen LogP contribution >= 0.6 is 24.8 Å². The number of benzene rings is 1. The fourth-order valence-electron chi connectivity index (χ4n) is 2.74. The molecule has 2 aromatic rings. The Kier molecular flexibility index (Phi) is 8.69. The van der Waals surface area contributed by atoms with E-state index in [-0.39, 0.29) is 36.6 Å². The Hall–Kier alpha value is -1.82. The molecule has 3 rings (SSSR count). The molecule has 0 unspecified atom stereocenters. The zero-order valence-electron chi connectivity index (χ0n) is 14.0. The monoisotopic (exact) mass is 383 g/mol. The number of hydrogen-bond acceptors (Lipinski definition) is 4. The van der Waals surface area contributed by atoms with Gasteiger partial charge in [0, 0.05) is 18.0 Å². The van der Waals surface area contributed by atoms with Gasteiger partial charge in [-0.1, -0.05) is 18.2 Å². The van der Waals surface area contributed by atoms with Gasteiger partial charge in [0.1, 0.15) is 5.75 Å². The van der Waals surface area contributed by atoms with Gasteiger partial charge in [-0.25, -0.2) is 4.98 Å². The average Bonchev–Trinajstić information content (AvgIpc) is 2.57. The van der Waals surface area contributed by atoms with Gasteiger partial charge in [-0.15, -0.1) is 24.8 Å². The summed E-state index contributed by atoms with van der Waals surface area (Å²) in [6, 6.07) is 13.4. The standard InChI is InChI=1S/C18H21N3O2.2ClH/c1-13-11-14(9-10-19-13)18(22)21-15-7-8-17(20-12-15)23-16-5-3-2-4-6-16;;/h2-8,12-14,19H,9-11H2,1H3,(H,21,22);2*1H/t13-,14-;;/m0../s1. The molecule has 2 heterocycles. The van der Waals surface area contributed by atoms with Crippen LogP contribution < -0.4 is 15.4 Å². The van der Waals surface area contributed by atoms with E-state index in [0.29, 0.717) is 17.6 Å². The number of nitrogens with zero attached hydrogens (tertiary/aromatic N) is 1. The van der Waals surface area contributed by atoms with Crippen LogP contribution in [0.3, 0.4) is 0 Å². The lowest BCUT2D eigenvalue weighted by atomic mass is 9.92. The maximum absolute atomic E-state index is 12.3. The first kappa shape index (κ1) is 21.2. The number of hydrogen-bond donors (Lipinski definition) is 2. The predicted molar refractivity (Wildman–Crippen MR) is 104 cm³/mol. The van der Waals surface area contributed by atoms with Crippen molar-refractivity contribution in [1.82, 2.24) is 10.3 Å². The largest absolute Gasteiger partial charge is 0.439 e. The van der Waals surface area contributed by atoms with Gasteiger partial charge >= 0.3 is 0 Å². The number of amides is 1. The van der Waals surface area contributed by atoms with Crippen molar-refractivity contribution in [3.05, 3.63) is 48.7 Å². The summed E-state index contributed by atoms with van der Waals surface area (Å²) in [5.74, 6) is 1.37. The highest BCUT2D eigenvalue weighted by Gasteiger charge is 2.24. The van der Waals surface area contributed by atoms with E-state index in [0.717, 1.165) is 25.1 Å². The molecule has 1 amide bonds. The lowest BCUT2D eigenvalue weighted by Gasteiger charge is -2.27. The van der Waals surface area contributed by atoms with E-state index < -0.39 is 0 Å². The van der Waals surface area contributed by atoms with Crippen LogP contribution in [0, 0.1) is 5.92 Å². The van der Waals surface area contributed by atoms with E-state index in [4.69, 9.17) is 4.74 Å². The first-order valence-electron chi connectivity index (χ1n) is 7.94. The van der Waals surface area contributed by atoms with Gasteiger partial charge in [-0.3, -0.25) is 4.79 Å². The molecule has 0 saturated carbocycles. The zero-order valence-corrected chi connectivity index (χ0v) is 15.6. The fourth-order valence-corrected chi connectivity index (χ4v) is 2.74. The van der Waals surface area contributed by atoms with Crippen LogP contribution in [0.15, 0.2) is 48.7 Å². The van der Waals surface area contributed by atoms with E-state index in [9.17, 15) is 4.79 Å². The first-order chi connectivity index (χ1) is 11.2. The summed E-state index contributed by atoms with van der Waals surface area (Å²) in [5, 5.41) is 6.29. The molecule has 0 spiro atoms. The molecular formula is C18H23Cl2N3O2. The summed E-state index contributed by atoms with van der Waals surface area (Å²) < 4.78 is 5.64. The van der Waals surface area contributed by atoms with Crippen molar-refractivity contribution >= 4 is 36.4 Å². The lowest BCUT2D eigenvalue weighted by molar-refractivity contribution is -0.120. The number of aromatic nitrogens is 1. The normalized spacial score (nSPS) is 19.1. The molecule has 0 bridgehead atoms. The van der Waals surface area contributed by atoms with Crippen LogP contribution in [0.4, 0.5) is 5.69 Å². The Bertz CT molecular complexity index is 653. The highest BCUT2D eigenvalue weighted by molar-refractivity contribution is 5.92. The topological polar surface area (TPSA) is 63.2 Å². The van der Waals surface area contributed by atoms with E-state index in [1.165, 1.54) is 0 Å². The molecule has 5 nitrogen and oxygen atoms in total. The molecule has 1 aliphatic rings. The third-order valence-corrected chi connectivity index (χ3v) is 3.96. The van der Waals surface area contributed by atoms with Gasteiger partial charge < -0.3 is 15.4 Å². The van der Waals surface area contributed by atoms with E-state index >= 15 is 0 Å². The smallest absolute Gasteiger partial charge is 0.227 e. The molecule has 1 aliphatic heterocycles. The number of halogens is 2. The number of carbonyl (C=O) groups excluding carboxylic acids is 1. The van der Waals surface area contributed by atoms with Gasteiger partial charge in [-0.05, 0) is 44.5 Å². The molecule has 25 heavy (non-hydrogen) atoms. The predicted octanol–water partition coefficient (Wildman–Crippen LogP) is 4.04. The van der Waals surface area contributed by atoms with Crippen molar-refractivity contribution < 1.29 is 9.53 Å². The van der Waals surface area contributed by atoms with Crippen molar-refractivity contribution in [2.75, 3.05) is 11.9 Å². The van der Waals surface area contributed by atoms with E-state index in [1.807, 2.05) is 36.4 Å². The van der Waals surface area contributed by atoms with Crippen molar-refractivity contribution in [1.29, 1.82) is 0 Å². The molecule has 136 valence electrons. The second kappa shape index (κ2) is 10.2. The summed E-state index contributed by atoms with van der Waals surface area (Å²) in [4.78, 5) is 16.5. The molecule has 1 aromatic carbocycles. The molecule has 0 radical (unpaired) electrons. The second-order valence-corrected chi connectivity index (χ2v) is 5.87. The van der Waals surface area contributed by atoms with Crippen LogP contribution in [0.5, 0.6) is 11.6 Å². The number of ether oxygens (including phenoxy) is 1. The number of carbonyl (C=O) groups is 1. The molecule has 1 fully saturated rings. The molecule has 2 N–H and O–H groups in total. The Morgan fingerprint density at radius 3 is 2.60 bits per heavy atom. The third-order valence-electron chi connectivity index (χ3n) is 3.96. The Balaban J connectivity index is 0.00000156. The van der Waals surface area contributed by atoms with Crippen LogP contribution in [-0.2, 0) is 4.79 Å². The summed E-state index contributed by atoms with van der Waals surface area (Å²) in [6.07, 6.45) is 3.37. The van der Waals surface area contributed by atoms with Crippen LogP contribution in [0.1, 0.15) is 19.8 Å². The number of nitrogens with one attached hydrogen (secondary N) is 2. The van der Waals surface area contributed by atoms with Crippen molar-refractivity contribution in [2.24, 2.45) is 5.92 Å². The number of anilines is 1. The summed E-state index contributed by atoms with van der Waals surface area (Å²) >= 11 is 0. The maximum atomic E-state index is 12.3. The van der Waals surface area contributed by atoms with Crippen molar-refractivity contribution in [3.8, 4) is 11.6 Å². The maximum Gasteiger partial charge on any atom is 0.227 e. The third kappa shape index (κ3) is 6.20. The summed E-state index contributed by atoms with van der Waals surface area (Å²) in [7, 11) is 0. The molecule has 7 heteroatoms. The number of para-hydroxylation sites is 1. The average molecular weight is 384 g/mol. The number of pyridine rings is 1. The molecule has 1 saturated heterocycles. The highest BCUT2D eigenvalue weighted by atomic mass is 35.5. The Morgan fingerprint density at radius 2 is 1.96 bits per heavy atom. The minimum atomic E-state index is 0. The SMILES string of the molecule is C[C@H]1C[C@@H](C(=O)Nc2ccc(Oc3ccccc3)nc2)CCN1.Cl.Cl. The van der Waals surface area contributed by atoms with Crippen molar-refractivity contribution in [2.45, 2.75) is 25.8 Å². The lowest BCUT2D eigenvalue weighted by Crippen LogP contribution is -2.40. The summed E-state index contributed by atoms with van der Waals surface area (Å²) in [6.45, 7) is 3.00. The second-order valence-electron chi connectivity index (χ2n) is 5.87. The molecule has 0 aliphatic carbocycles. The minimum Gasteiger partial charge on any atom is -0.439 e. The van der Waals surface area contributed by atoms with Crippen LogP contribution in [0.25, 0.3) is 0 Å². The minimum absolute atomic E-state index is 0. The van der Waals surface area contributed by atoms with Crippen LogP contribution in [0.2, 0.25) is 0 Å². The fraction of sp³-hybridized carbons (Fsp3) is 0.333. The molecular weight excluding hydrogens is 361 g/mol.